The van der Waals surface area contributed by atoms with E-state index in [2.05, 4.69) is 9.88 Å². The van der Waals surface area contributed by atoms with Gasteiger partial charge in [-0.25, -0.2) is 9.97 Å². The van der Waals surface area contributed by atoms with E-state index in [1.165, 1.54) is 25.7 Å². The van der Waals surface area contributed by atoms with Crippen molar-refractivity contribution in [2.24, 2.45) is 0 Å². The molecule has 1 aromatic rings. The van der Waals surface area contributed by atoms with Gasteiger partial charge in [-0.1, -0.05) is 12.8 Å². The van der Waals surface area contributed by atoms with Crippen molar-refractivity contribution < 1.29 is 9.53 Å². The molecule has 0 bridgehead atoms. The van der Waals surface area contributed by atoms with Gasteiger partial charge in [0.25, 0.3) is 0 Å². The lowest BCUT2D eigenvalue weighted by atomic mass is 10.3. The van der Waals surface area contributed by atoms with Gasteiger partial charge in [0.15, 0.2) is 0 Å². The fourth-order valence-corrected chi connectivity index (χ4v) is 4.80. The number of rotatable bonds is 4. The average Bonchev–Trinajstić information content (AvgIpc) is 3.29. The Morgan fingerprint density at radius 1 is 1.25 bits per heavy atom. The summed E-state index contributed by atoms with van der Waals surface area (Å²) in [6, 6.07) is 0. The van der Waals surface area contributed by atoms with Gasteiger partial charge in [-0.2, -0.15) is 0 Å². The maximum Gasteiger partial charge on any atom is 0.233 e. The average molecular weight is 348 g/mol. The number of amides is 1. The van der Waals surface area contributed by atoms with E-state index in [-0.39, 0.29) is 5.91 Å². The molecule has 1 amide bonds. The topological polar surface area (TPSA) is 58.6 Å². The number of carbonyl (C=O) groups excluding carboxylic acids is 1. The van der Waals surface area contributed by atoms with Crippen LogP contribution in [0.25, 0.3) is 0 Å². The summed E-state index contributed by atoms with van der Waals surface area (Å²) in [4.78, 5) is 25.8. The van der Waals surface area contributed by atoms with Gasteiger partial charge in [-0.05, 0) is 12.8 Å². The summed E-state index contributed by atoms with van der Waals surface area (Å²) < 4.78 is 5.38. The maximum atomic E-state index is 12.5. The minimum Gasteiger partial charge on any atom is -0.378 e. The molecule has 1 aliphatic carbocycles. The maximum absolute atomic E-state index is 12.5. The van der Waals surface area contributed by atoms with Gasteiger partial charge in [-0.15, -0.1) is 11.8 Å². The van der Waals surface area contributed by atoms with Crippen LogP contribution < -0.4 is 4.90 Å². The lowest BCUT2D eigenvalue weighted by Gasteiger charge is -2.26. The third-order valence-corrected chi connectivity index (χ3v) is 6.39. The van der Waals surface area contributed by atoms with Crippen molar-refractivity contribution in [3.63, 3.8) is 0 Å². The second kappa shape index (κ2) is 7.27. The first-order chi connectivity index (χ1) is 11.8. The van der Waals surface area contributed by atoms with Gasteiger partial charge in [0.2, 0.25) is 11.9 Å². The van der Waals surface area contributed by atoms with Crippen molar-refractivity contribution >= 4 is 23.6 Å². The minimum absolute atomic E-state index is 0.234. The number of fused-ring (bicyclic) bond motifs is 1. The van der Waals surface area contributed by atoms with Crippen molar-refractivity contribution in [2.75, 3.05) is 37.0 Å². The van der Waals surface area contributed by atoms with Crippen molar-refractivity contribution in [3.05, 3.63) is 17.5 Å². The summed E-state index contributed by atoms with van der Waals surface area (Å²) in [5.74, 6) is 1.60. The first kappa shape index (κ1) is 16.1. The van der Waals surface area contributed by atoms with E-state index in [1.807, 2.05) is 22.9 Å². The zero-order chi connectivity index (χ0) is 16.4. The van der Waals surface area contributed by atoms with Gasteiger partial charge in [0.05, 0.1) is 31.2 Å². The van der Waals surface area contributed by atoms with Crippen molar-refractivity contribution in [3.8, 4) is 0 Å². The van der Waals surface area contributed by atoms with Gasteiger partial charge in [0, 0.05) is 36.6 Å². The highest BCUT2D eigenvalue weighted by atomic mass is 32.2. The molecule has 0 spiro atoms. The first-order valence-corrected chi connectivity index (χ1v) is 9.91. The molecule has 6 nitrogen and oxygen atoms in total. The summed E-state index contributed by atoms with van der Waals surface area (Å²) in [6.07, 6.45) is 7.07. The van der Waals surface area contributed by atoms with Crippen molar-refractivity contribution in [2.45, 2.75) is 44.0 Å². The van der Waals surface area contributed by atoms with E-state index >= 15 is 0 Å². The number of aromatic nitrogens is 2. The molecule has 0 radical (unpaired) electrons. The molecular formula is C17H24N4O2S. The number of ether oxygens (including phenoxy) is 1. The quantitative estimate of drug-likeness (QED) is 0.827. The molecule has 1 saturated heterocycles. The molecule has 7 heteroatoms. The smallest absolute Gasteiger partial charge is 0.233 e. The number of thioether (sulfide) groups is 1. The molecule has 3 heterocycles. The first-order valence-electron chi connectivity index (χ1n) is 8.86. The molecule has 4 rings (SSSR count). The van der Waals surface area contributed by atoms with Crippen LogP contribution in [0.5, 0.6) is 0 Å². The molecule has 0 unspecified atom stereocenters. The lowest BCUT2D eigenvalue weighted by molar-refractivity contribution is -0.128. The molecule has 0 N–H and O–H groups in total. The number of hydrogen-bond acceptors (Lipinski definition) is 6. The number of anilines is 1. The zero-order valence-corrected chi connectivity index (χ0v) is 14.8. The van der Waals surface area contributed by atoms with Crippen LogP contribution in [0.3, 0.4) is 0 Å². The Bertz CT molecular complexity index is 600. The van der Waals surface area contributed by atoms with Crippen LogP contribution in [0.15, 0.2) is 6.20 Å². The zero-order valence-electron chi connectivity index (χ0n) is 13.9. The van der Waals surface area contributed by atoms with Gasteiger partial charge < -0.3 is 14.5 Å². The summed E-state index contributed by atoms with van der Waals surface area (Å²) in [5, 5.41) is 0.687. The number of nitrogens with zero attached hydrogens (tertiary/aromatic N) is 4. The highest BCUT2D eigenvalue weighted by Gasteiger charge is 2.27. The van der Waals surface area contributed by atoms with Crippen LogP contribution in [-0.4, -0.2) is 58.1 Å². The monoisotopic (exact) mass is 348 g/mol. The van der Waals surface area contributed by atoms with Crippen LogP contribution in [-0.2, 0) is 22.6 Å². The standard InChI is InChI=1S/C17H24N4O2S/c22-16(12-24-14-3-1-2-4-14)21-10-13-9-18-17(19-15(13)11-21)20-5-7-23-8-6-20/h9,14H,1-8,10-12H2. The van der Waals surface area contributed by atoms with Gasteiger partial charge >= 0.3 is 0 Å². The lowest BCUT2D eigenvalue weighted by Crippen LogP contribution is -2.37. The second-order valence-electron chi connectivity index (χ2n) is 6.71. The molecule has 2 aliphatic heterocycles. The van der Waals surface area contributed by atoms with Crippen LogP contribution in [0.4, 0.5) is 5.95 Å². The summed E-state index contributed by atoms with van der Waals surface area (Å²) in [7, 11) is 0. The van der Waals surface area contributed by atoms with Gasteiger partial charge in [0.1, 0.15) is 0 Å². The third kappa shape index (κ3) is 3.52. The Morgan fingerprint density at radius 3 is 2.83 bits per heavy atom. The normalized spacial score (nSPS) is 21.3. The molecule has 1 aromatic heterocycles. The largest absolute Gasteiger partial charge is 0.378 e. The predicted molar refractivity (Wildman–Crippen MR) is 94.0 cm³/mol. The number of hydrogen-bond donors (Lipinski definition) is 0. The van der Waals surface area contributed by atoms with Gasteiger partial charge in [-0.3, -0.25) is 4.79 Å². The Balaban J connectivity index is 1.35. The Morgan fingerprint density at radius 2 is 2.04 bits per heavy atom. The summed E-state index contributed by atoms with van der Waals surface area (Å²) in [6.45, 7) is 4.40. The van der Waals surface area contributed by atoms with Crippen LogP contribution in [0.1, 0.15) is 36.9 Å². The second-order valence-corrected chi connectivity index (χ2v) is 8.00. The highest BCUT2D eigenvalue weighted by molar-refractivity contribution is 8.00. The molecule has 24 heavy (non-hydrogen) atoms. The van der Waals surface area contributed by atoms with Crippen LogP contribution >= 0.6 is 11.8 Å². The SMILES string of the molecule is O=C(CSC1CCCC1)N1Cc2cnc(N3CCOCC3)nc2C1. The molecule has 0 aromatic carbocycles. The van der Waals surface area contributed by atoms with Crippen LogP contribution in [0, 0.1) is 0 Å². The molecule has 1 saturated carbocycles. The van der Waals surface area contributed by atoms with Crippen molar-refractivity contribution in [1.82, 2.24) is 14.9 Å². The van der Waals surface area contributed by atoms with E-state index in [0.717, 1.165) is 43.5 Å². The Labute approximate surface area is 147 Å². The highest BCUT2D eigenvalue weighted by Crippen LogP contribution is 2.30. The van der Waals surface area contributed by atoms with E-state index in [0.29, 0.717) is 24.1 Å². The summed E-state index contributed by atoms with van der Waals surface area (Å²) in [5.41, 5.74) is 2.09. The molecular weight excluding hydrogens is 324 g/mol. The van der Waals surface area contributed by atoms with Crippen molar-refractivity contribution in [1.29, 1.82) is 0 Å². The fraction of sp³-hybridized carbons (Fsp3) is 0.706. The number of carbonyl (C=O) groups is 1. The molecule has 0 atom stereocenters. The molecule has 2 fully saturated rings. The Kier molecular flexibility index (Phi) is 4.89. The van der Waals surface area contributed by atoms with E-state index < -0.39 is 0 Å². The fourth-order valence-electron chi connectivity index (χ4n) is 3.57. The minimum atomic E-state index is 0.234. The van der Waals surface area contributed by atoms with E-state index in [1.54, 1.807) is 0 Å². The number of morpholine rings is 1. The van der Waals surface area contributed by atoms with E-state index in [9.17, 15) is 4.79 Å². The Hall–Kier alpha value is -1.34. The molecule has 130 valence electrons. The van der Waals surface area contributed by atoms with E-state index in [4.69, 9.17) is 9.72 Å². The summed E-state index contributed by atoms with van der Waals surface area (Å²) >= 11 is 1.83. The predicted octanol–water partition coefficient (Wildman–Crippen LogP) is 1.83. The van der Waals surface area contributed by atoms with Crippen LogP contribution in [0.2, 0.25) is 0 Å². The molecule has 3 aliphatic rings. The third-order valence-electron chi connectivity index (χ3n) is 5.03.